The van der Waals surface area contributed by atoms with Crippen LogP contribution in [0.3, 0.4) is 0 Å². The van der Waals surface area contributed by atoms with Crippen LogP contribution in [0.2, 0.25) is 5.02 Å². The number of nitrogens with one attached hydrogen (secondary N) is 2. The van der Waals surface area contributed by atoms with Crippen LogP contribution in [-0.2, 0) is 11.3 Å². The summed E-state index contributed by atoms with van der Waals surface area (Å²) in [5.41, 5.74) is 7.15. The number of methoxy groups -OCH3 is 1. The summed E-state index contributed by atoms with van der Waals surface area (Å²) in [6.45, 7) is 2.24. The highest BCUT2D eigenvalue weighted by atomic mass is 35.5. The summed E-state index contributed by atoms with van der Waals surface area (Å²) in [5, 5.41) is 5.95. The Bertz CT molecular complexity index is 773. The monoisotopic (exact) mass is 365 g/mol. The molecule has 1 heterocycles. The predicted octanol–water partition coefficient (Wildman–Crippen LogP) is 2.47. The van der Waals surface area contributed by atoms with Gasteiger partial charge in [-0.1, -0.05) is 11.6 Å². The molecule has 0 saturated carbocycles. The molecule has 0 saturated heterocycles. The fraction of sp³-hybridized carbons (Fsp3) is 0.294. The first-order valence-corrected chi connectivity index (χ1v) is 8.02. The lowest BCUT2D eigenvalue weighted by Gasteiger charge is -2.12. The molecule has 8 heteroatoms. The van der Waals surface area contributed by atoms with E-state index in [0.29, 0.717) is 27.8 Å². The van der Waals surface area contributed by atoms with Crippen molar-refractivity contribution in [3.8, 4) is 5.75 Å². The van der Waals surface area contributed by atoms with Crippen LogP contribution in [0.15, 0.2) is 28.9 Å². The molecule has 1 aromatic heterocycles. The SMILES string of the molecule is COc1cc(Cl)c(C)cc1NC(=O)CCNC(=O)c1coc(CN)c1. The number of carbonyl (C=O) groups excluding carboxylic acids is 2. The lowest BCUT2D eigenvalue weighted by Crippen LogP contribution is -2.27. The molecule has 2 amide bonds. The summed E-state index contributed by atoms with van der Waals surface area (Å²) in [7, 11) is 1.50. The summed E-state index contributed by atoms with van der Waals surface area (Å²) < 4.78 is 10.3. The third-order valence-electron chi connectivity index (χ3n) is 3.51. The maximum Gasteiger partial charge on any atom is 0.254 e. The van der Waals surface area contributed by atoms with E-state index in [9.17, 15) is 9.59 Å². The van der Waals surface area contributed by atoms with Crippen LogP contribution in [0, 0.1) is 6.92 Å². The van der Waals surface area contributed by atoms with E-state index in [1.165, 1.54) is 13.4 Å². The fourth-order valence-electron chi connectivity index (χ4n) is 2.14. The van der Waals surface area contributed by atoms with Crippen LogP contribution < -0.4 is 21.1 Å². The smallest absolute Gasteiger partial charge is 0.254 e. The number of hydrogen-bond donors (Lipinski definition) is 3. The molecule has 0 bridgehead atoms. The van der Waals surface area contributed by atoms with E-state index in [0.717, 1.165) is 5.56 Å². The summed E-state index contributed by atoms with van der Waals surface area (Å²) in [6, 6.07) is 4.94. The zero-order chi connectivity index (χ0) is 18.4. The molecule has 0 atom stereocenters. The van der Waals surface area contributed by atoms with Gasteiger partial charge >= 0.3 is 0 Å². The molecule has 0 radical (unpaired) electrons. The molecule has 0 fully saturated rings. The van der Waals surface area contributed by atoms with Gasteiger partial charge in [0.25, 0.3) is 5.91 Å². The lowest BCUT2D eigenvalue weighted by atomic mass is 10.2. The Morgan fingerprint density at radius 1 is 1.32 bits per heavy atom. The first kappa shape index (κ1) is 18.8. The van der Waals surface area contributed by atoms with Gasteiger partial charge in [-0.05, 0) is 24.6 Å². The Hall–Kier alpha value is -2.51. The number of carbonyl (C=O) groups is 2. The molecule has 0 aliphatic carbocycles. The van der Waals surface area contributed by atoms with Crippen molar-refractivity contribution < 1.29 is 18.7 Å². The second kappa shape index (κ2) is 8.55. The van der Waals surface area contributed by atoms with Gasteiger partial charge < -0.3 is 25.5 Å². The van der Waals surface area contributed by atoms with Crippen LogP contribution >= 0.6 is 11.6 Å². The number of furan rings is 1. The molecule has 7 nitrogen and oxygen atoms in total. The Labute approximate surface area is 150 Å². The zero-order valence-corrected chi connectivity index (χ0v) is 14.8. The van der Waals surface area contributed by atoms with E-state index in [2.05, 4.69) is 10.6 Å². The van der Waals surface area contributed by atoms with Crippen LogP contribution in [0.4, 0.5) is 5.69 Å². The van der Waals surface area contributed by atoms with Gasteiger partial charge in [0.1, 0.15) is 17.8 Å². The molecule has 25 heavy (non-hydrogen) atoms. The Morgan fingerprint density at radius 3 is 2.72 bits per heavy atom. The molecule has 0 spiro atoms. The highest BCUT2D eigenvalue weighted by Gasteiger charge is 2.12. The molecule has 134 valence electrons. The Balaban J connectivity index is 1.87. The van der Waals surface area contributed by atoms with E-state index in [1.807, 2.05) is 6.92 Å². The number of anilines is 1. The maximum absolute atomic E-state index is 12.1. The molecular weight excluding hydrogens is 346 g/mol. The van der Waals surface area contributed by atoms with E-state index >= 15 is 0 Å². The van der Waals surface area contributed by atoms with Crippen molar-refractivity contribution in [2.24, 2.45) is 5.73 Å². The summed E-state index contributed by atoms with van der Waals surface area (Å²) in [4.78, 5) is 24.0. The van der Waals surface area contributed by atoms with Crippen molar-refractivity contribution >= 4 is 29.1 Å². The number of rotatable bonds is 7. The number of nitrogens with two attached hydrogens (primary N) is 1. The molecule has 2 rings (SSSR count). The van der Waals surface area contributed by atoms with Crippen molar-refractivity contribution in [3.63, 3.8) is 0 Å². The minimum absolute atomic E-state index is 0.109. The van der Waals surface area contributed by atoms with E-state index in [1.54, 1.807) is 18.2 Å². The van der Waals surface area contributed by atoms with Crippen molar-refractivity contribution in [2.75, 3.05) is 19.0 Å². The second-order valence-electron chi connectivity index (χ2n) is 5.36. The molecule has 1 aromatic carbocycles. The van der Waals surface area contributed by atoms with Gasteiger partial charge in [0.05, 0.1) is 24.9 Å². The van der Waals surface area contributed by atoms with Crippen LogP contribution in [0.5, 0.6) is 5.75 Å². The van der Waals surface area contributed by atoms with Gasteiger partial charge in [-0.25, -0.2) is 0 Å². The largest absolute Gasteiger partial charge is 0.495 e. The molecule has 2 aromatic rings. The number of amides is 2. The minimum atomic E-state index is -0.323. The highest BCUT2D eigenvalue weighted by molar-refractivity contribution is 6.31. The van der Waals surface area contributed by atoms with Crippen LogP contribution in [0.25, 0.3) is 0 Å². The van der Waals surface area contributed by atoms with Crippen LogP contribution in [-0.4, -0.2) is 25.5 Å². The average molecular weight is 366 g/mol. The minimum Gasteiger partial charge on any atom is -0.495 e. The maximum atomic E-state index is 12.1. The quantitative estimate of drug-likeness (QED) is 0.698. The highest BCUT2D eigenvalue weighted by Crippen LogP contribution is 2.30. The molecule has 0 aliphatic heterocycles. The molecule has 4 N–H and O–H groups in total. The third kappa shape index (κ3) is 4.98. The topological polar surface area (TPSA) is 107 Å². The molecule has 0 aliphatic rings. The summed E-state index contributed by atoms with van der Waals surface area (Å²) in [5.74, 6) is 0.417. The van der Waals surface area contributed by atoms with Crippen molar-refractivity contribution in [1.29, 1.82) is 0 Å². The summed E-state index contributed by atoms with van der Waals surface area (Å²) >= 11 is 6.03. The normalized spacial score (nSPS) is 10.4. The molecular formula is C17H20ClN3O4. The van der Waals surface area contributed by atoms with Gasteiger partial charge in [-0.2, -0.15) is 0 Å². The van der Waals surface area contributed by atoms with Gasteiger partial charge in [-0.15, -0.1) is 0 Å². The second-order valence-corrected chi connectivity index (χ2v) is 5.77. The standard InChI is InChI=1S/C17H20ClN3O4/c1-10-5-14(15(24-2)7-13(10)18)21-16(22)3-4-20-17(23)11-6-12(8-19)25-9-11/h5-7,9H,3-4,8,19H2,1-2H3,(H,20,23)(H,21,22). The third-order valence-corrected chi connectivity index (χ3v) is 3.92. The number of halogens is 1. The first-order chi connectivity index (χ1) is 11.9. The van der Waals surface area contributed by atoms with E-state index in [-0.39, 0.29) is 31.3 Å². The Kier molecular flexibility index (Phi) is 6.44. The van der Waals surface area contributed by atoms with Gasteiger partial charge in [-0.3, -0.25) is 9.59 Å². The van der Waals surface area contributed by atoms with Gasteiger partial charge in [0, 0.05) is 24.1 Å². The average Bonchev–Trinajstić information content (AvgIpc) is 3.07. The van der Waals surface area contributed by atoms with Crippen molar-refractivity contribution in [3.05, 3.63) is 46.4 Å². The first-order valence-electron chi connectivity index (χ1n) is 7.64. The van der Waals surface area contributed by atoms with Crippen molar-refractivity contribution in [1.82, 2.24) is 5.32 Å². The van der Waals surface area contributed by atoms with E-state index in [4.69, 9.17) is 26.5 Å². The van der Waals surface area contributed by atoms with Crippen LogP contribution in [0.1, 0.15) is 28.1 Å². The van der Waals surface area contributed by atoms with Gasteiger partial charge in [0.2, 0.25) is 5.91 Å². The number of ether oxygens (including phenoxy) is 1. The Morgan fingerprint density at radius 2 is 2.08 bits per heavy atom. The molecule has 0 unspecified atom stereocenters. The lowest BCUT2D eigenvalue weighted by molar-refractivity contribution is -0.116. The number of hydrogen-bond acceptors (Lipinski definition) is 5. The number of benzene rings is 1. The fourth-order valence-corrected chi connectivity index (χ4v) is 2.29. The summed E-state index contributed by atoms with van der Waals surface area (Å²) in [6.07, 6.45) is 1.44. The van der Waals surface area contributed by atoms with Crippen molar-refractivity contribution in [2.45, 2.75) is 19.9 Å². The van der Waals surface area contributed by atoms with E-state index < -0.39 is 0 Å². The predicted molar refractivity (Wildman–Crippen MR) is 94.9 cm³/mol. The zero-order valence-electron chi connectivity index (χ0n) is 14.0. The number of aryl methyl sites for hydroxylation is 1. The van der Waals surface area contributed by atoms with Gasteiger partial charge in [0.15, 0.2) is 0 Å².